The number of hydrogen-bond donors (Lipinski definition) is 0. The van der Waals surface area contributed by atoms with Crippen molar-refractivity contribution in [2.24, 2.45) is 0 Å². The molecule has 0 aromatic heterocycles. The summed E-state index contributed by atoms with van der Waals surface area (Å²) in [6, 6.07) is 7.36. The van der Waals surface area contributed by atoms with Gasteiger partial charge in [0.05, 0.1) is 0 Å². The first-order valence-electron chi connectivity index (χ1n) is 3.15. The zero-order valence-corrected chi connectivity index (χ0v) is 10.2. The van der Waals surface area contributed by atoms with Crippen LogP contribution in [0.4, 0.5) is 0 Å². The van der Waals surface area contributed by atoms with Crippen molar-refractivity contribution in [1.29, 1.82) is 0 Å². The molecule has 1 rings (SSSR count). The van der Waals surface area contributed by atoms with Crippen molar-refractivity contribution in [2.75, 3.05) is 0 Å². The average molecular weight is 223 g/mol. The number of rotatable bonds is 0. The van der Waals surface area contributed by atoms with Crippen molar-refractivity contribution in [2.45, 2.75) is 20.8 Å². The fourth-order valence-corrected chi connectivity index (χ4v) is 0.827. The molecule has 0 radical (unpaired) electrons. The predicted octanol–water partition coefficient (Wildman–Crippen LogP) is -0.965. The molecule has 2 heteroatoms. The molecule has 0 bridgehead atoms. The van der Waals surface area contributed by atoms with E-state index in [2.05, 4.69) is 32.9 Å². The summed E-state index contributed by atoms with van der Waals surface area (Å²) >= 11 is 0. The summed E-state index contributed by atoms with van der Waals surface area (Å²) in [5.74, 6) is 0. The molecule has 0 fully saturated rings. The summed E-state index contributed by atoms with van der Waals surface area (Å²) in [5, 5.41) is 0. The molecule has 0 saturated heterocycles. The summed E-state index contributed by atoms with van der Waals surface area (Å²) in [5.41, 5.74) is 3.87. The smallest absolute Gasteiger partial charge is 1.00 e. The van der Waals surface area contributed by atoms with E-state index in [1.165, 1.54) is 16.7 Å². The quantitative estimate of drug-likeness (QED) is 0.392. The van der Waals surface area contributed by atoms with E-state index < -0.39 is 0 Å². The molecule has 0 amide bonds. The number of hydrogen-bond acceptors (Lipinski definition) is 0. The molecule has 0 unspecified atom stereocenters. The van der Waals surface area contributed by atoms with E-state index in [0.29, 0.717) is 0 Å². The Labute approximate surface area is 95.3 Å². The molecule has 11 heavy (non-hydrogen) atoms. The Balaban J connectivity index is 0. The molecule has 0 spiro atoms. The minimum Gasteiger partial charge on any atom is -1.00 e. The van der Waals surface area contributed by atoms with E-state index in [1.807, 2.05) is 6.07 Å². The molecule has 1 aromatic rings. The van der Waals surface area contributed by atoms with Crippen LogP contribution in [0.2, 0.25) is 0 Å². The first-order chi connectivity index (χ1) is 4.20. The Morgan fingerprint density at radius 1 is 1.18 bits per heavy atom. The summed E-state index contributed by atoms with van der Waals surface area (Å²) in [6.45, 7) is 6.27. The normalized spacial score (nSPS) is 7.91. The van der Waals surface area contributed by atoms with Crippen LogP contribution in [0.1, 0.15) is 16.7 Å². The maximum absolute atomic E-state index is 3.17. The maximum atomic E-state index is 3.17. The van der Waals surface area contributed by atoms with Crippen LogP contribution < -0.4 is 17.0 Å². The van der Waals surface area contributed by atoms with Gasteiger partial charge in [-0.1, -0.05) is 20.8 Å². The zero-order valence-electron chi connectivity index (χ0n) is 7.24. The van der Waals surface area contributed by atoms with Crippen LogP contribution in [0, 0.1) is 26.8 Å². The van der Waals surface area contributed by atoms with Crippen molar-refractivity contribution < 1.29 is 17.0 Å². The minimum absolute atomic E-state index is 0. The predicted molar refractivity (Wildman–Crippen MR) is 45.2 cm³/mol. The Morgan fingerprint density at radius 2 is 1.73 bits per heavy atom. The fraction of sp³-hybridized carbons (Fsp3) is 0.333. The molecule has 0 saturated carbocycles. The fourth-order valence-electron chi connectivity index (χ4n) is 0.827. The monoisotopic (exact) mass is 222 g/mol. The molecular weight excluding hydrogens is 212 g/mol. The summed E-state index contributed by atoms with van der Waals surface area (Å²) in [6.07, 6.45) is 0. The van der Waals surface area contributed by atoms with Gasteiger partial charge in [-0.15, -0.1) is 0 Å². The summed E-state index contributed by atoms with van der Waals surface area (Å²) < 4.78 is 0. The Hall–Kier alpha value is 0.466. The van der Waals surface area contributed by atoms with Gasteiger partial charge in [0.1, 0.15) is 0 Å². The second-order valence-electron chi connectivity index (χ2n) is 2.49. The third-order valence-corrected chi connectivity index (χ3v) is 1.55. The Bertz CT molecular complexity index is 221. The molecule has 1 aromatic carbocycles. The van der Waals surface area contributed by atoms with Crippen LogP contribution in [0.25, 0.3) is 0 Å². The molecule has 56 valence electrons. The largest absolute Gasteiger partial charge is 2.00 e. The van der Waals surface area contributed by atoms with Gasteiger partial charge in [-0.25, -0.2) is 0 Å². The van der Waals surface area contributed by atoms with Gasteiger partial charge in [-0.05, 0) is 0 Å². The van der Waals surface area contributed by atoms with Crippen molar-refractivity contribution in [3.63, 3.8) is 0 Å². The van der Waals surface area contributed by atoms with Gasteiger partial charge in [-0.2, -0.15) is 34.9 Å². The van der Waals surface area contributed by atoms with Crippen LogP contribution in [0.15, 0.2) is 12.1 Å². The van der Waals surface area contributed by atoms with Gasteiger partial charge in [0.15, 0.2) is 0 Å². The zero-order chi connectivity index (χ0) is 6.85. The molecule has 0 aliphatic heterocycles. The maximum Gasteiger partial charge on any atom is 2.00 e. The van der Waals surface area contributed by atoms with Crippen molar-refractivity contribution >= 4 is 23.1 Å². The van der Waals surface area contributed by atoms with Crippen molar-refractivity contribution in [3.05, 3.63) is 34.9 Å². The van der Waals surface area contributed by atoms with E-state index in [0.717, 1.165) is 0 Å². The molecule has 0 N–H and O–H groups in total. The van der Waals surface area contributed by atoms with Crippen LogP contribution >= 0.6 is 0 Å². The Kier molecular flexibility index (Phi) is 7.69. The molecule has 0 nitrogen and oxygen atoms in total. The van der Waals surface area contributed by atoms with Gasteiger partial charge in [0.25, 0.3) is 0 Å². The number of aryl methyl sites for hydroxylation is 3. The van der Waals surface area contributed by atoms with E-state index in [4.69, 9.17) is 0 Å². The molecular formula is C9H11BrMg. The topological polar surface area (TPSA) is 0 Å². The standard InChI is InChI=1S/C9H11.BrH.Mg/c1-7-4-5-8(2)9(3)6-7;;/h4,6H,1-3H3;1H;/q-1;;+2/p-1. The van der Waals surface area contributed by atoms with Crippen LogP contribution in [-0.4, -0.2) is 23.1 Å². The molecule has 0 atom stereocenters. The molecule has 0 aliphatic carbocycles. The molecule has 0 heterocycles. The molecule has 0 aliphatic rings. The summed E-state index contributed by atoms with van der Waals surface area (Å²) in [4.78, 5) is 0. The SMILES string of the molecule is Cc1c[c-]c(C)c(C)c1.[Br-].[Mg+2]. The van der Waals surface area contributed by atoms with Crippen molar-refractivity contribution in [3.8, 4) is 0 Å². The van der Waals surface area contributed by atoms with E-state index in [1.54, 1.807) is 0 Å². The summed E-state index contributed by atoms with van der Waals surface area (Å²) in [7, 11) is 0. The van der Waals surface area contributed by atoms with E-state index in [-0.39, 0.29) is 40.0 Å². The second-order valence-corrected chi connectivity index (χ2v) is 2.49. The van der Waals surface area contributed by atoms with E-state index in [9.17, 15) is 0 Å². The van der Waals surface area contributed by atoms with E-state index >= 15 is 0 Å². The Morgan fingerprint density at radius 3 is 2.09 bits per heavy atom. The first-order valence-corrected chi connectivity index (χ1v) is 3.15. The number of halogens is 1. The van der Waals surface area contributed by atoms with Gasteiger partial charge >= 0.3 is 23.1 Å². The minimum atomic E-state index is 0. The van der Waals surface area contributed by atoms with Gasteiger partial charge in [0.2, 0.25) is 0 Å². The average Bonchev–Trinajstić information content (AvgIpc) is 1.80. The van der Waals surface area contributed by atoms with Crippen LogP contribution in [-0.2, 0) is 0 Å². The van der Waals surface area contributed by atoms with Gasteiger partial charge in [-0.3, -0.25) is 0 Å². The van der Waals surface area contributed by atoms with Crippen molar-refractivity contribution in [1.82, 2.24) is 0 Å². The van der Waals surface area contributed by atoms with Crippen LogP contribution in [0.3, 0.4) is 0 Å². The van der Waals surface area contributed by atoms with Gasteiger partial charge < -0.3 is 17.0 Å². The number of benzene rings is 1. The second kappa shape index (κ2) is 6.03. The third-order valence-electron chi connectivity index (χ3n) is 1.55. The van der Waals surface area contributed by atoms with Gasteiger partial charge in [0, 0.05) is 0 Å². The van der Waals surface area contributed by atoms with Crippen LogP contribution in [0.5, 0.6) is 0 Å². The third kappa shape index (κ3) is 4.14. The first kappa shape index (κ1) is 14.0.